The molecular weight excluding hydrogens is 913 g/mol. The topological polar surface area (TPSA) is 201 Å². The number of hydroxylamine groups is 2. The number of hydrogen-bond donors (Lipinski definition) is 4. The zero-order valence-corrected chi connectivity index (χ0v) is 44.1. The average Bonchev–Trinajstić information content (AvgIpc) is 3.61. The van der Waals surface area contributed by atoms with Crippen molar-refractivity contribution in [1.82, 2.24) is 14.9 Å². The summed E-state index contributed by atoms with van der Waals surface area (Å²) in [6, 6.07) is 13.4. The lowest BCUT2D eigenvalue weighted by atomic mass is 9.76. The van der Waals surface area contributed by atoms with Gasteiger partial charge < -0.3 is 40.5 Å². The predicted molar refractivity (Wildman–Crippen MR) is 268 cm³/mol. The van der Waals surface area contributed by atoms with Crippen molar-refractivity contribution >= 4 is 64.4 Å². The summed E-state index contributed by atoms with van der Waals surface area (Å²) in [5.41, 5.74) is 10.3. The fourth-order valence-electron chi connectivity index (χ4n) is 8.50. The quantitative estimate of drug-likeness (QED) is 0.0649. The highest BCUT2D eigenvalue weighted by Gasteiger charge is 2.77. The lowest BCUT2D eigenvalue weighted by molar-refractivity contribution is -0.186. The van der Waals surface area contributed by atoms with E-state index in [-0.39, 0.29) is 45.3 Å². The Hall–Kier alpha value is -4.93. The Bertz CT molecular complexity index is 2280. The molecule has 0 saturated carbocycles. The normalized spacial score (nSPS) is 23.1. The fraction of sp³-hybridized carbons (Fsp3) is 0.549. The summed E-state index contributed by atoms with van der Waals surface area (Å²) >= 11 is 12.3. The number of carbonyl (C=O) groups excluding carboxylic acids is 5. The number of nitrogens with two attached hydrogens (primary N) is 1. The molecule has 7 unspecified atom stereocenters. The third-order valence-corrected chi connectivity index (χ3v) is 15.1. The Balaban J connectivity index is 0.000000420. The number of benzene rings is 2. The molecule has 3 aliphatic rings. The molecule has 0 aromatic heterocycles. The number of carbonyl (C=O) groups is 5. The molecule has 7 atom stereocenters. The molecule has 4 amide bonds. The predicted octanol–water partition coefficient (Wildman–Crippen LogP) is 8.55. The van der Waals surface area contributed by atoms with Gasteiger partial charge >= 0.3 is 18.0 Å². The number of rotatable bonds is 13. The minimum Gasteiger partial charge on any atom is -0.453 e. The lowest BCUT2D eigenvalue weighted by Gasteiger charge is -2.41. The molecule has 1 saturated heterocycles. The van der Waals surface area contributed by atoms with Gasteiger partial charge in [0.25, 0.3) is 0 Å². The van der Waals surface area contributed by atoms with E-state index in [0.29, 0.717) is 5.69 Å². The zero-order valence-electron chi connectivity index (χ0n) is 42.6. The summed E-state index contributed by atoms with van der Waals surface area (Å²) in [5, 5.41) is 20.3. The Labute approximate surface area is 414 Å². The molecular formula is C51H75Cl2N5O10. The number of hydrogen-bond acceptors (Lipinski definition) is 11. The molecule has 15 nitrogen and oxygen atoms in total. The van der Waals surface area contributed by atoms with E-state index < -0.39 is 56.9 Å². The number of esters is 2. The third kappa shape index (κ3) is 11.6. The van der Waals surface area contributed by atoms with Gasteiger partial charge in [-0.15, -0.1) is 23.2 Å². The maximum Gasteiger partial charge on any atom is 0.346 e. The molecule has 5 N–H and O–H groups in total. The van der Waals surface area contributed by atoms with E-state index in [1.807, 2.05) is 55.4 Å². The molecule has 68 heavy (non-hydrogen) atoms. The Kier molecular flexibility index (Phi) is 19.1. The van der Waals surface area contributed by atoms with Crippen molar-refractivity contribution < 1.29 is 49.9 Å². The van der Waals surface area contributed by atoms with E-state index in [1.165, 1.54) is 26.0 Å². The van der Waals surface area contributed by atoms with Crippen LogP contribution >= 0.6 is 23.2 Å². The minimum absolute atomic E-state index is 0. The minimum atomic E-state index is -1.25. The summed E-state index contributed by atoms with van der Waals surface area (Å²) < 4.78 is 12.0. The largest absolute Gasteiger partial charge is 0.453 e. The highest BCUT2D eigenvalue weighted by Crippen LogP contribution is 2.62. The van der Waals surface area contributed by atoms with Gasteiger partial charge in [-0.05, 0) is 151 Å². The van der Waals surface area contributed by atoms with Crippen LogP contribution in [0.5, 0.6) is 0 Å². The van der Waals surface area contributed by atoms with Crippen molar-refractivity contribution in [2.45, 2.75) is 142 Å². The molecule has 2 bridgehead atoms. The number of anilines is 2. The van der Waals surface area contributed by atoms with Crippen molar-refractivity contribution in [3.05, 3.63) is 93.1 Å². The first-order chi connectivity index (χ1) is 31.4. The van der Waals surface area contributed by atoms with Crippen LogP contribution in [0.3, 0.4) is 0 Å². The number of aliphatic hydroxyl groups excluding tert-OH is 2. The molecule has 2 aromatic carbocycles. The number of alkyl halides is 2. The zero-order chi connectivity index (χ0) is 52.0. The van der Waals surface area contributed by atoms with Crippen molar-refractivity contribution in [2.24, 2.45) is 11.8 Å². The van der Waals surface area contributed by atoms with Crippen LogP contribution < -0.4 is 11.1 Å². The number of nitrogens with zero attached hydrogens (tertiary/aromatic N) is 3. The number of nitrogen functional groups attached to an aromatic ring is 1. The highest BCUT2D eigenvalue weighted by atomic mass is 35.5. The van der Waals surface area contributed by atoms with Gasteiger partial charge in [-0.2, -0.15) is 5.06 Å². The smallest absolute Gasteiger partial charge is 0.346 e. The molecule has 0 spiro atoms. The van der Waals surface area contributed by atoms with E-state index in [0.717, 1.165) is 39.1 Å². The molecule has 2 aromatic rings. The average molecular weight is 990 g/mol. The van der Waals surface area contributed by atoms with Crippen LogP contribution in [0.15, 0.2) is 82.0 Å². The van der Waals surface area contributed by atoms with Crippen LogP contribution in [0.25, 0.3) is 0 Å². The van der Waals surface area contributed by atoms with E-state index in [4.69, 9.17) is 48.4 Å². The second kappa shape index (κ2) is 22.7. The van der Waals surface area contributed by atoms with E-state index >= 15 is 0 Å². The monoisotopic (exact) mass is 988 g/mol. The number of allylic oxidation sites excluding steroid dienone is 2. The number of aliphatic hydroxyl groups is 2. The van der Waals surface area contributed by atoms with Gasteiger partial charge in [0, 0.05) is 41.0 Å². The van der Waals surface area contributed by atoms with Gasteiger partial charge in [0.15, 0.2) is 16.8 Å². The van der Waals surface area contributed by atoms with Gasteiger partial charge in [-0.1, -0.05) is 38.1 Å². The number of fused-ring (bicyclic) bond motifs is 2. The second-order valence-electron chi connectivity index (χ2n) is 19.0. The third-order valence-electron chi connectivity index (χ3n) is 14.3. The van der Waals surface area contributed by atoms with Gasteiger partial charge in [0.05, 0.1) is 25.0 Å². The summed E-state index contributed by atoms with van der Waals surface area (Å²) in [6.45, 7) is 22.6. The molecule has 17 heteroatoms. The van der Waals surface area contributed by atoms with Crippen LogP contribution in [0.1, 0.15) is 108 Å². The standard InChI is InChI=1S/C26H36ClN3O6.C18H28ClNO3.C7H9NO.H2/c1-15(13-20(27)21(32)29(7)8)22(33)35-26(6)24(4)16(2)17(3)25(26,5)36-30(24)23(34)28-19-11-9-18(14-31)10-12-19;1-10(9-15(19)16(21)20(7)8)17(22)23-18(6)13(4)11(2)12(3)14(18)5;8-7-3-1-6(5-9)2-4-7;/h9-12,15,20,31H,13-14H2,1-8H3,(H,28,34);10,15H,9H2,1-8H3;1-4,9H,5,8H2;1H/i;;;1+1. The molecule has 0 radical (unpaired) electrons. The van der Waals surface area contributed by atoms with E-state index in [2.05, 4.69) is 5.32 Å². The molecule has 378 valence electrons. The molecule has 1 fully saturated rings. The first kappa shape index (κ1) is 57.4. The van der Waals surface area contributed by atoms with Gasteiger partial charge in [0.2, 0.25) is 11.8 Å². The summed E-state index contributed by atoms with van der Waals surface area (Å²) in [6.07, 6.45) is 0.373. The number of halogens is 2. The number of ether oxygens (including phenoxy) is 2. The molecule has 5 rings (SSSR count). The second-order valence-corrected chi connectivity index (χ2v) is 20.1. The van der Waals surface area contributed by atoms with Gasteiger partial charge in [-0.25, -0.2) is 4.79 Å². The number of urea groups is 1. The Morgan fingerprint density at radius 1 is 0.691 bits per heavy atom. The number of amides is 4. The molecule has 2 aliphatic carbocycles. The Morgan fingerprint density at radius 2 is 1.09 bits per heavy atom. The maximum absolute atomic E-state index is 13.4. The van der Waals surface area contributed by atoms with Crippen molar-refractivity contribution in [2.75, 3.05) is 39.2 Å². The Morgan fingerprint density at radius 3 is 1.49 bits per heavy atom. The van der Waals surface area contributed by atoms with Gasteiger partial charge in [-0.3, -0.25) is 24.0 Å². The SMILES string of the molecule is CC1=C(C)C(C)(OC(=O)C(C)CC(Cl)C(=O)N(C)C)C(C)=C1C.CC1=C(C)C2(C)N(C(=O)Nc3ccc(CO)cc3)OC1(C)C2(C)OC(=O)C(C)CC(Cl)C(=O)N(C)C.Nc1ccc(CO)cc1.[2HH]. The summed E-state index contributed by atoms with van der Waals surface area (Å²) in [4.78, 5) is 72.1. The molecule has 1 aliphatic heterocycles. The first-order valence-electron chi connectivity index (χ1n) is 22.6. The molecule has 1 heterocycles. The maximum atomic E-state index is 13.4. The summed E-state index contributed by atoms with van der Waals surface area (Å²) in [7, 11) is 6.51. The van der Waals surface area contributed by atoms with E-state index in [9.17, 15) is 29.1 Å². The van der Waals surface area contributed by atoms with Crippen LogP contribution in [0, 0.1) is 11.8 Å². The van der Waals surface area contributed by atoms with Crippen LogP contribution in [0.2, 0.25) is 0 Å². The van der Waals surface area contributed by atoms with Crippen molar-refractivity contribution in [3.63, 3.8) is 0 Å². The van der Waals surface area contributed by atoms with Crippen molar-refractivity contribution in [3.8, 4) is 0 Å². The van der Waals surface area contributed by atoms with Crippen LogP contribution in [-0.2, 0) is 46.7 Å². The summed E-state index contributed by atoms with van der Waals surface area (Å²) in [5.74, 6) is -2.44. The van der Waals surface area contributed by atoms with Gasteiger partial charge in [0.1, 0.15) is 16.3 Å². The fourth-order valence-corrected chi connectivity index (χ4v) is 9.43. The van der Waals surface area contributed by atoms with Crippen LogP contribution in [-0.4, -0.2) is 116 Å². The highest BCUT2D eigenvalue weighted by molar-refractivity contribution is 6.31. The lowest BCUT2D eigenvalue weighted by Crippen LogP contribution is -2.60. The number of nitrogens with one attached hydrogen (secondary N) is 1. The van der Waals surface area contributed by atoms with E-state index in [1.54, 1.807) is 104 Å². The first-order valence-corrected chi connectivity index (χ1v) is 23.4. The van der Waals surface area contributed by atoms with Crippen molar-refractivity contribution in [1.29, 1.82) is 0 Å². The van der Waals surface area contributed by atoms with Crippen LogP contribution in [0.4, 0.5) is 16.2 Å².